The van der Waals surface area contributed by atoms with E-state index in [1.54, 1.807) is 6.92 Å². The molecule has 0 radical (unpaired) electrons. The molecule has 0 aliphatic heterocycles. The van der Waals surface area contributed by atoms with E-state index in [9.17, 15) is 18.5 Å². The van der Waals surface area contributed by atoms with Crippen molar-refractivity contribution < 1.29 is 23.4 Å². The zero-order valence-electron chi connectivity index (χ0n) is 15.5. The fourth-order valence-corrected chi connectivity index (χ4v) is 5.65. The Hall–Kier alpha value is -0.660. The van der Waals surface area contributed by atoms with Gasteiger partial charge in [0.05, 0.1) is 12.4 Å². The Labute approximate surface area is 145 Å². The standard InChI is InChI=1S/C17H31NO5S/c1-10(11(2)15(19)18-24(6,21)22)14(23-20)13-9-12-7-8-17(13,5)16(12,3)4/h10-14,20H,7-9H2,1-6H3,(H,18,19). The van der Waals surface area contributed by atoms with Gasteiger partial charge in [-0.1, -0.05) is 34.6 Å². The van der Waals surface area contributed by atoms with Gasteiger partial charge in [0.25, 0.3) is 0 Å². The summed E-state index contributed by atoms with van der Waals surface area (Å²) in [6, 6.07) is 0. The van der Waals surface area contributed by atoms with Crippen LogP contribution in [0.15, 0.2) is 0 Å². The Balaban J connectivity index is 2.19. The Morgan fingerprint density at radius 1 is 1.29 bits per heavy atom. The third-order valence-corrected chi connectivity index (χ3v) is 7.96. The second-order valence-electron chi connectivity index (χ2n) is 8.67. The third-order valence-electron chi connectivity index (χ3n) is 7.39. The molecule has 2 saturated carbocycles. The number of sulfonamides is 1. The van der Waals surface area contributed by atoms with Gasteiger partial charge >= 0.3 is 0 Å². The molecule has 2 bridgehead atoms. The van der Waals surface area contributed by atoms with Crippen LogP contribution in [0.5, 0.6) is 0 Å². The molecule has 0 heterocycles. The highest BCUT2D eigenvalue weighted by atomic mass is 32.2. The van der Waals surface area contributed by atoms with E-state index in [1.165, 1.54) is 6.42 Å². The largest absolute Gasteiger partial charge is 0.274 e. The summed E-state index contributed by atoms with van der Waals surface area (Å²) in [5, 5.41) is 9.58. The Morgan fingerprint density at radius 2 is 1.88 bits per heavy atom. The lowest BCUT2D eigenvalue weighted by atomic mass is 9.63. The monoisotopic (exact) mass is 361 g/mol. The number of hydrogen-bond donors (Lipinski definition) is 2. The van der Waals surface area contributed by atoms with Gasteiger partial charge in [0.15, 0.2) is 0 Å². The van der Waals surface area contributed by atoms with Crippen molar-refractivity contribution in [1.82, 2.24) is 4.72 Å². The maximum Gasteiger partial charge on any atom is 0.236 e. The summed E-state index contributed by atoms with van der Waals surface area (Å²) in [4.78, 5) is 17.1. The minimum Gasteiger partial charge on any atom is -0.274 e. The van der Waals surface area contributed by atoms with E-state index in [-0.39, 0.29) is 22.7 Å². The molecule has 2 aliphatic rings. The quantitative estimate of drug-likeness (QED) is 0.560. The first-order chi connectivity index (χ1) is 10.8. The molecule has 2 rings (SSSR count). The number of amides is 1. The van der Waals surface area contributed by atoms with Crippen LogP contribution in [0.1, 0.15) is 53.9 Å². The molecule has 2 fully saturated rings. The summed E-state index contributed by atoms with van der Waals surface area (Å²) in [7, 11) is -3.60. The first kappa shape index (κ1) is 19.7. The fraction of sp³-hybridized carbons (Fsp3) is 0.941. The van der Waals surface area contributed by atoms with E-state index >= 15 is 0 Å². The first-order valence-electron chi connectivity index (χ1n) is 8.67. The Bertz CT molecular complexity index is 602. The van der Waals surface area contributed by atoms with Crippen LogP contribution >= 0.6 is 0 Å². The molecule has 1 amide bonds. The number of carbonyl (C=O) groups is 1. The smallest absolute Gasteiger partial charge is 0.236 e. The summed E-state index contributed by atoms with van der Waals surface area (Å²) in [5.41, 5.74) is 0.221. The van der Waals surface area contributed by atoms with Gasteiger partial charge in [-0.25, -0.2) is 13.3 Å². The highest BCUT2D eigenvalue weighted by molar-refractivity contribution is 7.89. The molecule has 7 heteroatoms. The molecular weight excluding hydrogens is 330 g/mol. The molecule has 6 atom stereocenters. The van der Waals surface area contributed by atoms with Gasteiger partial charge in [0.2, 0.25) is 15.9 Å². The van der Waals surface area contributed by atoms with Crippen molar-refractivity contribution in [2.24, 2.45) is 34.5 Å². The predicted molar refractivity (Wildman–Crippen MR) is 91.5 cm³/mol. The van der Waals surface area contributed by atoms with Crippen LogP contribution in [0, 0.1) is 34.5 Å². The second kappa shape index (κ2) is 6.25. The van der Waals surface area contributed by atoms with Crippen LogP contribution in [0.3, 0.4) is 0 Å². The van der Waals surface area contributed by atoms with Crippen LogP contribution < -0.4 is 4.72 Å². The predicted octanol–water partition coefficient (Wildman–Crippen LogP) is 2.66. The molecule has 0 aromatic heterocycles. The van der Waals surface area contributed by atoms with E-state index in [1.807, 2.05) is 11.6 Å². The van der Waals surface area contributed by atoms with E-state index in [0.717, 1.165) is 19.1 Å². The molecular formula is C17H31NO5S. The molecule has 0 spiro atoms. The molecule has 24 heavy (non-hydrogen) atoms. The molecule has 6 nitrogen and oxygen atoms in total. The number of hydrogen-bond acceptors (Lipinski definition) is 5. The second-order valence-corrected chi connectivity index (χ2v) is 10.4. The number of carbonyl (C=O) groups excluding carboxylic acids is 1. The lowest BCUT2D eigenvalue weighted by Crippen LogP contribution is -2.46. The van der Waals surface area contributed by atoms with Crippen LogP contribution in [0.25, 0.3) is 0 Å². The molecule has 0 aromatic rings. The Morgan fingerprint density at radius 3 is 2.25 bits per heavy atom. The molecule has 0 saturated heterocycles. The summed E-state index contributed by atoms with van der Waals surface area (Å²) in [5.74, 6) is -0.687. The van der Waals surface area contributed by atoms with Crippen molar-refractivity contribution in [3.8, 4) is 0 Å². The van der Waals surface area contributed by atoms with Crippen LogP contribution in [0.2, 0.25) is 0 Å². The van der Waals surface area contributed by atoms with E-state index in [0.29, 0.717) is 5.92 Å². The van der Waals surface area contributed by atoms with E-state index in [2.05, 4.69) is 20.8 Å². The van der Waals surface area contributed by atoms with Crippen molar-refractivity contribution >= 4 is 15.9 Å². The molecule has 6 unspecified atom stereocenters. The third kappa shape index (κ3) is 3.10. The van der Waals surface area contributed by atoms with Gasteiger partial charge in [0.1, 0.15) is 0 Å². The van der Waals surface area contributed by atoms with Crippen molar-refractivity contribution in [3.63, 3.8) is 0 Å². The molecule has 2 aliphatic carbocycles. The average Bonchev–Trinajstić information content (AvgIpc) is 2.78. The van der Waals surface area contributed by atoms with Crippen LogP contribution in [0.4, 0.5) is 0 Å². The summed E-state index contributed by atoms with van der Waals surface area (Å²) >= 11 is 0. The molecule has 0 aromatic carbocycles. The molecule has 2 N–H and O–H groups in total. The van der Waals surface area contributed by atoms with Gasteiger partial charge in [-0.05, 0) is 47.8 Å². The highest BCUT2D eigenvalue weighted by Gasteiger charge is 2.63. The summed E-state index contributed by atoms with van der Waals surface area (Å²) in [6.45, 7) is 10.3. The van der Waals surface area contributed by atoms with Crippen molar-refractivity contribution in [2.75, 3.05) is 6.26 Å². The Kier molecular flexibility index (Phi) is 5.12. The topological polar surface area (TPSA) is 92.7 Å². The van der Waals surface area contributed by atoms with Crippen LogP contribution in [-0.2, 0) is 19.7 Å². The average molecular weight is 362 g/mol. The van der Waals surface area contributed by atoms with Crippen molar-refractivity contribution in [3.05, 3.63) is 0 Å². The van der Waals surface area contributed by atoms with Gasteiger partial charge in [-0.2, -0.15) is 0 Å². The summed E-state index contributed by atoms with van der Waals surface area (Å²) in [6.07, 6.45) is 3.73. The highest BCUT2D eigenvalue weighted by Crippen LogP contribution is 2.69. The van der Waals surface area contributed by atoms with Gasteiger partial charge in [-0.3, -0.25) is 14.8 Å². The minimum absolute atomic E-state index is 0.0480. The minimum atomic E-state index is -3.60. The molecule has 140 valence electrons. The van der Waals surface area contributed by atoms with Crippen molar-refractivity contribution in [1.29, 1.82) is 0 Å². The van der Waals surface area contributed by atoms with Crippen molar-refractivity contribution in [2.45, 2.75) is 60.0 Å². The number of rotatable bonds is 6. The first-order valence-corrected chi connectivity index (χ1v) is 10.6. The van der Waals surface area contributed by atoms with Gasteiger partial charge < -0.3 is 0 Å². The number of nitrogens with one attached hydrogen (secondary N) is 1. The fourth-order valence-electron chi connectivity index (χ4n) is 5.10. The normalized spacial score (nSPS) is 35.5. The SMILES string of the molecule is CC(C(=O)NS(C)(=O)=O)C(C)C(OO)C1CC2CCC1(C)C2(C)C. The van der Waals surface area contributed by atoms with E-state index < -0.39 is 28.0 Å². The van der Waals surface area contributed by atoms with Crippen LogP contribution in [-0.4, -0.2) is 31.9 Å². The number of fused-ring (bicyclic) bond motifs is 2. The maximum absolute atomic E-state index is 12.2. The summed E-state index contributed by atoms with van der Waals surface area (Å²) < 4.78 is 24.6. The van der Waals surface area contributed by atoms with E-state index in [4.69, 9.17) is 4.89 Å². The lowest BCUT2D eigenvalue weighted by molar-refractivity contribution is -0.312. The van der Waals surface area contributed by atoms with Gasteiger partial charge in [-0.15, -0.1) is 0 Å². The maximum atomic E-state index is 12.2. The van der Waals surface area contributed by atoms with Gasteiger partial charge in [0, 0.05) is 5.92 Å². The zero-order chi connectivity index (χ0) is 18.5. The zero-order valence-corrected chi connectivity index (χ0v) is 16.3. The lowest BCUT2D eigenvalue weighted by Gasteiger charge is -2.43.